The molecule has 0 aliphatic carbocycles. The van der Waals surface area contributed by atoms with Crippen LogP contribution in [0.5, 0.6) is 0 Å². The minimum Gasteiger partial charge on any atom is -0.480 e. The highest BCUT2D eigenvalue weighted by Gasteiger charge is 2.29. The fraction of sp³-hybridized carbons (Fsp3) is 0.533. The molecule has 4 unspecified atom stereocenters. The summed E-state index contributed by atoms with van der Waals surface area (Å²) in [5.41, 5.74) is 6.39. The van der Waals surface area contributed by atoms with Crippen molar-refractivity contribution in [3.63, 3.8) is 0 Å². The second-order valence-electron chi connectivity index (χ2n) is 5.97. The van der Waals surface area contributed by atoms with Gasteiger partial charge in [0.1, 0.15) is 6.04 Å². The maximum Gasteiger partial charge on any atom is 0.328 e. The van der Waals surface area contributed by atoms with Gasteiger partial charge in [-0.1, -0.05) is 0 Å². The molecular formula is C15H24N6O6S. The number of carboxylic acids is 1. The first-order valence-electron chi connectivity index (χ1n) is 8.27. The largest absolute Gasteiger partial charge is 0.480 e. The van der Waals surface area contributed by atoms with Crippen LogP contribution in [0, 0.1) is 0 Å². The summed E-state index contributed by atoms with van der Waals surface area (Å²) in [6.07, 6.45) is 1.83. The Balaban J connectivity index is 2.49. The van der Waals surface area contributed by atoms with Gasteiger partial charge in [-0.05, 0) is 6.92 Å². The first-order valence-corrected chi connectivity index (χ1v) is 8.91. The Morgan fingerprint density at radius 2 is 1.96 bits per heavy atom. The molecule has 0 aliphatic rings. The number of aromatic amines is 1. The van der Waals surface area contributed by atoms with Gasteiger partial charge in [0.25, 0.3) is 0 Å². The number of hydrogen-bond acceptors (Lipinski definition) is 8. The number of rotatable bonds is 11. The molecule has 0 aromatic carbocycles. The molecule has 13 heteroatoms. The average Bonchev–Trinajstić information content (AvgIpc) is 3.14. The summed E-state index contributed by atoms with van der Waals surface area (Å²) in [5.74, 6) is -3.65. The number of carbonyl (C=O) groups is 4. The van der Waals surface area contributed by atoms with E-state index in [1.54, 1.807) is 0 Å². The van der Waals surface area contributed by atoms with Crippen LogP contribution in [0.3, 0.4) is 0 Å². The number of nitrogens with zero attached hydrogens (tertiary/aromatic N) is 1. The number of carbonyl (C=O) groups excluding carboxylic acids is 3. The van der Waals surface area contributed by atoms with E-state index in [4.69, 9.17) is 10.8 Å². The number of nitrogens with two attached hydrogens (primary N) is 1. The highest BCUT2D eigenvalue weighted by molar-refractivity contribution is 7.80. The third-order valence-corrected chi connectivity index (χ3v) is 4.00. The second kappa shape index (κ2) is 11.3. The fourth-order valence-corrected chi connectivity index (χ4v) is 2.36. The number of aliphatic carboxylic acids is 1. The quantitative estimate of drug-likeness (QED) is 0.172. The summed E-state index contributed by atoms with van der Waals surface area (Å²) in [6, 6.07) is -3.60. The molecule has 1 rings (SSSR count). The lowest BCUT2D eigenvalue weighted by molar-refractivity contribution is -0.145. The molecule has 1 heterocycles. The Kier molecular flexibility index (Phi) is 9.41. The Bertz CT molecular complexity index is 683. The Morgan fingerprint density at radius 3 is 2.46 bits per heavy atom. The van der Waals surface area contributed by atoms with Crippen molar-refractivity contribution in [1.82, 2.24) is 25.9 Å². The lowest BCUT2D eigenvalue weighted by Crippen LogP contribution is -2.56. The predicted molar refractivity (Wildman–Crippen MR) is 100 cm³/mol. The number of nitrogens with one attached hydrogen (secondary N) is 4. The molecule has 0 saturated heterocycles. The van der Waals surface area contributed by atoms with Gasteiger partial charge < -0.3 is 36.9 Å². The molecule has 28 heavy (non-hydrogen) atoms. The molecule has 8 N–H and O–H groups in total. The van der Waals surface area contributed by atoms with Crippen LogP contribution in [0.25, 0.3) is 0 Å². The van der Waals surface area contributed by atoms with Crippen molar-refractivity contribution in [2.24, 2.45) is 5.73 Å². The van der Waals surface area contributed by atoms with E-state index in [2.05, 4.69) is 38.5 Å². The van der Waals surface area contributed by atoms with E-state index in [0.717, 1.165) is 0 Å². The van der Waals surface area contributed by atoms with Crippen LogP contribution in [-0.4, -0.2) is 80.4 Å². The van der Waals surface area contributed by atoms with Gasteiger partial charge in [0.05, 0.1) is 25.0 Å². The van der Waals surface area contributed by atoms with Crippen molar-refractivity contribution < 1.29 is 29.4 Å². The first-order chi connectivity index (χ1) is 13.1. The van der Waals surface area contributed by atoms with Crippen molar-refractivity contribution in [3.8, 4) is 0 Å². The topological polar surface area (TPSA) is 200 Å². The van der Waals surface area contributed by atoms with Crippen LogP contribution >= 0.6 is 12.6 Å². The summed E-state index contributed by atoms with van der Waals surface area (Å²) in [6.45, 7) is 0.765. The zero-order valence-corrected chi connectivity index (χ0v) is 16.0. The lowest BCUT2D eigenvalue weighted by atomic mass is 10.1. The SMILES string of the molecule is CC(O)C(NC(=O)C(CS)NC(=O)CNC(=O)C(N)Cc1cnc[nH]1)C(=O)O. The van der Waals surface area contributed by atoms with Crippen LogP contribution in [0.1, 0.15) is 12.6 Å². The monoisotopic (exact) mass is 416 g/mol. The van der Waals surface area contributed by atoms with E-state index < -0.39 is 54.5 Å². The number of amides is 3. The van der Waals surface area contributed by atoms with Crippen LogP contribution in [0.4, 0.5) is 0 Å². The molecule has 1 aromatic rings. The van der Waals surface area contributed by atoms with Crippen LogP contribution < -0.4 is 21.7 Å². The molecule has 1 aromatic heterocycles. The fourth-order valence-electron chi connectivity index (χ4n) is 2.11. The summed E-state index contributed by atoms with van der Waals surface area (Å²) in [5, 5.41) is 25.1. The molecular weight excluding hydrogens is 392 g/mol. The zero-order valence-electron chi connectivity index (χ0n) is 15.1. The lowest BCUT2D eigenvalue weighted by Gasteiger charge is -2.21. The number of aromatic nitrogens is 2. The number of imidazole rings is 1. The van der Waals surface area contributed by atoms with Crippen LogP contribution in [-0.2, 0) is 25.6 Å². The molecule has 12 nitrogen and oxygen atoms in total. The van der Waals surface area contributed by atoms with Gasteiger partial charge >= 0.3 is 5.97 Å². The molecule has 0 spiro atoms. The third kappa shape index (κ3) is 7.54. The molecule has 0 radical (unpaired) electrons. The van der Waals surface area contributed by atoms with E-state index in [0.29, 0.717) is 5.69 Å². The Morgan fingerprint density at radius 1 is 1.29 bits per heavy atom. The van der Waals surface area contributed by atoms with E-state index in [9.17, 15) is 24.3 Å². The molecule has 0 aliphatic heterocycles. The molecule has 0 fully saturated rings. The van der Waals surface area contributed by atoms with E-state index in [1.807, 2.05) is 0 Å². The highest BCUT2D eigenvalue weighted by Crippen LogP contribution is 1.98. The second-order valence-corrected chi connectivity index (χ2v) is 6.34. The normalized spacial score (nSPS) is 15.0. The van der Waals surface area contributed by atoms with Crippen LogP contribution in [0.15, 0.2) is 12.5 Å². The Labute approximate surface area is 166 Å². The third-order valence-electron chi connectivity index (χ3n) is 3.64. The van der Waals surface area contributed by atoms with E-state index >= 15 is 0 Å². The smallest absolute Gasteiger partial charge is 0.328 e. The number of aliphatic hydroxyl groups excluding tert-OH is 1. The van der Waals surface area contributed by atoms with Gasteiger partial charge in [0.2, 0.25) is 17.7 Å². The van der Waals surface area contributed by atoms with Crippen LogP contribution in [0.2, 0.25) is 0 Å². The van der Waals surface area contributed by atoms with Gasteiger partial charge in [0.15, 0.2) is 6.04 Å². The van der Waals surface area contributed by atoms with Crippen molar-refractivity contribution in [3.05, 3.63) is 18.2 Å². The maximum atomic E-state index is 12.1. The summed E-state index contributed by atoms with van der Waals surface area (Å²) >= 11 is 3.94. The molecule has 0 bridgehead atoms. The van der Waals surface area contributed by atoms with E-state index in [-0.39, 0.29) is 12.2 Å². The highest BCUT2D eigenvalue weighted by atomic mass is 32.1. The van der Waals surface area contributed by atoms with Gasteiger partial charge in [-0.15, -0.1) is 0 Å². The number of carboxylic acid groups (broad SMARTS) is 1. The average molecular weight is 416 g/mol. The van der Waals surface area contributed by atoms with Gasteiger partial charge in [-0.2, -0.15) is 12.6 Å². The summed E-state index contributed by atoms with van der Waals surface area (Å²) < 4.78 is 0. The number of aliphatic hydroxyl groups is 1. The predicted octanol–water partition coefficient (Wildman–Crippen LogP) is -3.24. The first kappa shape index (κ1) is 23.4. The maximum absolute atomic E-state index is 12.1. The number of H-pyrrole nitrogens is 1. The minimum absolute atomic E-state index is 0.128. The standard InChI is InChI=1S/C15H24N6O6S/c1-7(22)12(15(26)27)21-14(25)10(5-28)20-11(23)4-18-13(24)9(16)2-8-3-17-6-19-8/h3,6-7,9-10,12,22,28H,2,4-5,16H2,1H3,(H,17,19)(H,18,24)(H,20,23)(H,21,25)(H,26,27). The summed E-state index contributed by atoms with van der Waals surface area (Å²) in [7, 11) is 0. The van der Waals surface area contributed by atoms with E-state index in [1.165, 1.54) is 19.4 Å². The molecule has 4 atom stereocenters. The van der Waals surface area contributed by atoms with Gasteiger partial charge in [-0.25, -0.2) is 9.78 Å². The number of hydrogen-bond donors (Lipinski definition) is 8. The Hall–Kier alpha value is -2.64. The summed E-state index contributed by atoms with van der Waals surface area (Å²) in [4.78, 5) is 53.6. The van der Waals surface area contributed by atoms with Crippen molar-refractivity contribution in [2.45, 2.75) is 37.6 Å². The minimum atomic E-state index is -1.54. The van der Waals surface area contributed by atoms with Crippen molar-refractivity contribution in [2.75, 3.05) is 12.3 Å². The van der Waals surface area contributed by atoms with Gasteiger partial charge in [0, 0.05) is 24.1 Å². The van der Waals surface area contributed by atoms with Gasteiger partial charge in [-0.3, -0.25) is 14.4 Å². The van der Waals surface area contributed by atoms with Crippen molar-refractivity contribution in [1.29, 1.82) is 0 Å². The zero-order chi connectivity index (χ0) is 21.3. The molecule has 3 amide bonds. The molecule has 0 saturated carbocycles. The molecule has 156 valence electrons. The van der Waals surface area contributed by atoms with Crippen molar-refractivity contribution >= 4 is 36.3 Å². The number of thiol groups is 1.